The SMILES string of the molecule is CC(C)N(CCCO)CC1CCCCN1. The van der Waals surface area contributed by atoms with E-state index in [-0.39, 0.29) is 0 Å². The summed E-state index contributed by atoms with van der Waals surface area (Å²) in [7, 11) is 0. The van der Waals surface area contributed by atoms with Crippen LogP contribution in [0, 0.1) is 0 Å². The van der Waals surface area contributed by atoms with Crippen LogP contribution >= 0.6 is 0 Å². The second kappa shape index (κ2) is 7.20. The van der Waals surface area contributed by atoms with Gasteiger partial charge in [-0.1, -0.05) is 6.42 Å². The van der Waals surface area contributed by atoms with E-state index in [4.69, 9.17) is 5.11 Å². The Hall–Kier alpha value is -0.120. The summed E-state index contributed by atoms with van der Waals surface area (Å²) in [6.07, 6.45) is 4.89. The van der Waals surface area contributed by atoms with E-state index in [9.17, 15) is 0 Å². The molecule has 0 bridgehead atoms. The molecule has 15 heavy (non-hydrogen) atoms. The molecule has 0 aromatic heterocycles. The van der Waals surface area contributed by atoms with Gasteiger partial charge in [-0.05, 0) is 39.7 Å². The molecule has 0 spiro atoms. The summed E-state index contributed by atoms with van der Waals surface area (Å²) in [5, 5.41) is 12.4. The van der Waals surface area contributed by atoms with Gasteiger partial charge in [0.1, 0.15) is 0 Å². The summed E-state index contributed by atoms with van der Waals surface area (Å²) in [4.78, 5) is 2.47. The molecule has 1 saturated heterocycles. The number of hydrogen-bond acceptors (Lipinski definition) is 3. The molecule has 0 saturated carbocycles. The number of aliphatic hydroxyl groups excluding tert-OH is 1. The molecule has 90 valence electrons. The monoisotopic (exact) mass is 214 g/mol. The van der Waals surface area contributed by atoms with Gasteiger partial charge in [-0.3, -0.25) is 4.90 Å². The zero-order chi connectivity index (χ0) is 11.1. The van der Waals surface area contributed by atoms with E-state index >= 15 is 0 Å². The zero-order valence-electron chi connectivity index (χ0n) is 10.2. The Balaban J connectivity index is 2.28. The molecule has 1 aliphatic rings. The lowest BCUT2D eigenvalue weighted by Crippen LogP contribution is -2.46. The van der Waals surface area contributed by atoms with Gasteiger partial charge >= 0.3 is 0 Å². The maximum atomic E-state index is 8.86. The Morgan fingerprint density at radius 1 is 1.40 bits per heavy atom. The van der Waals surface area contributed by atoms with Gasteiger partial charge in [0, 0.05) is 31.8 Å². The average Bonchev–Trinajstić information content (AvgIpc) is 2.25. The molecule has 1 fully saturated rings. The first-order valence-corrected chi connectivity index (χ1v) is 6.32. The smallest absolute Gasteiger partial charge is 0.0443 e. The molecule has 0 aliphatic carbocycles. The first-order valence-electron chi connectivity index (χ1n) is 6.32. The van der Waals surface area contributed by atoms with Crippen molar-refractivity contribution in [1.82, 2.24) is 10.2 Å². The van der Waals surface area contributed by atoms with E-state index in [2.05, 4.69) is 24.1 Å². The van der Waals surface area contributed by atoms with Gasteiger partial charge in [-0.15, -0.1) is 0 Å². The third-order valence-electron chi connectivity index (χ3n) is 3.20. The Morgan fingerprint density at radius 2 is 2.20 bits per heavy atom. The lowest BCUT2D eigenvalue weighted by Gasteiger charge is -2.33. The number of rotatable bonds is 6. The van der Waals surface area contributed by atoms with E-state index in [0.29, 0.717) is 18.7 Å². The van der Waals surface area contributed by atoms with Crippen LogP contribution in [0.5, 0.6) is 0 Å². The molecule has 1 heterocycles. The van der Waals surface area contributed by atoms with Crippen LogP contribution in [0.15, 0.2) is 0 Å². The summed E-state index contributed by atoms with van der Waals surface area (Å²) in [6.45, 7) is 8.11. The van der Waals surface area contributed by atoms with Gasteiger partial charge in [0.25, 0.3) is 0 Å². The quantitative estimate of drug-likeness (QED) is 0.698. The largest absolute Gasteiger partial charge is 0.396 e. The molecular formula is C12H26N2O. The third-order valence-corrected chi connectivity index (χ3v) is 3.20. The number of hydrogen-bond donors (Lipinski definition) is 2. The lowest BCUT2D eigenvalue weighted by molar-refractivity contribution is 0.166. The molecule has 1 rings (SSSR count). The summed E-state index contributed by atoms with van der Waals surface area (Å²) < 4.78 is 0. The number of nitrogens with zero attached hydrogens (tertiary/aromatic N) is 1. The normalized spacial score (nSPS) is 22.6. The highest BCUT2D eigenvalue weighted by Gasteiger charge is 2.17. The second-order valence-electron chi connectivity index (χ2n) is 4.81. The zero-order valence-corrected chi connectivity index (χ0v) is 10.2. The van der Waals surface area contributed by atoms with E-state index in [0.717, 1.165) is 19.5 Å². The minimum absolute atomic E-state index is 0.307. The van der Waals surface area contributed by atoms with Crippen LogP contribution in [0.2, 0.25) is 0 Å². The van der Waals surface area contributed by atoms with Crippen molar-refractivity contribution in [3.05, 3.63) is 0 Å². The maximum absolute atomic E-state index is 8.86. The van der Waals surface area contributed by atoms with E-state index in [1.165, 1.54) is 25.8 Å². The Morgan fingerprint density at radius 3 is 2.73 bits per heavy atom. The van der Waals surface area contributed by atoms with E-state index < -0.39 is 0 Å². The summed E-state index contributed by atoms with van der Waals surface area (Å²) in [6, 6.07) is 1.25. The Labute approximate surface area is 93.9 Å². The first-order chi connectivity index (χ1) is 7.24. The predicted octanol–water partition coefficient (Wildman–Crippen LogP) is 1.22. The topological polar surface area (TPSA) is 35.5 Å². The van der Waals surface area contributed by atoms with Gasteiger partial charge < -0.3 is 10.4 Å². The van der Waals surface area contributed by atoms with Crippen LogP contribution < -0.4 is 5.32 Å². The fourth-order valence-corrected chi connectivity index (χ4v) is 2.20. The van der Waals surface area contributed by atoms with Crippen molar-refractivity contribution in [1.29, 1.82) is 0 Å². The van der Waals surface area contributed by atoms with Crippen molar-refractivity contribution in [2.45, 2.75) is 51.6 Å². The Kier molecular flexibility index (Phi) is 6.22. The summed E-state index contributed by atoms with van der Waals surface area (Å²) in [5.74, 6) is 0. The average molecular weight is 214 g/mol. The number of nitrogens with one attached hydrogen (secondary N) is 1. The minimum atomic E-state index is 0.307. The molecule has 0 aromatic rings. The lowest BCUT2D eigenvalue weighted by atomic mass is 10.0. The van der Waals surface area contributed by atoms with Crippen molar-refractivity contribution in [3.8, 4) is 0 Å². The summed E-state index contributed by atoms with van der Waals surface area (Å²) >= 11 is 0. The van der Waals surface area contributed by atoms with Crippen LogP contribution in [0.25, 0.3) is 0 Å². The van der Waals surface area contributed by atoms with Crippen molar-refractivity contribution >= 4 is 0 Å². The standard InChI is InChI=1S/C12H26N2O/c1-11(2)14(8-5-9-15)10-12-6-3-4-7-13-12/h11-13,15H,3-10H2,1-2H3. The van der Waals surface area contributed by atoms with Gasteiger partial charge in [0.15, 0.2) is 0 Å². The van der Waals surface area contributed by atoms with Crippen LogP contribution in [0.1, 0.15) is 39.5 Å². The summed E-state index contributed by atoms with van der Waals surface area (Å²) in [5.41, 5.74) is 0. The van der Waals surface area contributed by atoms with Crippen molar-refractivity contribution in [2.24, 2.45) is 0 Å². The Bertz CT molecular complexity index is 156. The highest BCUT2D eigenvalue weighted by molar-refractivity contribution is 4.77. The second-order valence-corrected chi connectivity index (χ2v) is 4.81. The molecule has 3 heteroatoms. The van der Waals surface area contributed by atoms with Crippen molar-refractivity contribution < 1.29 is 5.11 Å². The molecule has 1 atom stereocenters. The number of piperidine rings is 1. The molecule has 1 aliphatic heterocycles. The highest BCUT2D eigenvalue weighted by Crippen LogP contribution is 2.10. The van der Waals surface area contributed by atoms with Gasteiger partial charge in [-0.2, -0.15) is 0 Å². The van der Waals surface area contributed by atoms with Crippen molar-refractivity contribution in [2.75, 3.05) is 26.2 Å². The van der Waals surface area contributed by atoms with E-state index in [1.807, 2.05) is 0 Å². The van der Waals surface area contributed by atoms with Gasteiger partial charge in [-0.25, -0.2) is 0 Å². The van der Waals surface area contributed by atoms with Crippen molar-refractivity contribution in [3.63, 3.8) is 0 Å². The molecule has 0 radical (unpaired) electrons. The molecule has 3 nitrogen and oxygen atoms in total. The maximum Gasteiger partial charge on any atom is 0.0443 e. The first kappa shape index (κ1) is 12.9. The molecule has 0 aromatic carbocycles. The van der Waals surface area contributed by atoms with Gasteiger partial charge in [0.05, 0.1) is 0 Å². The van der Waals surface area contributed by atoms with Crippen LogP contribution in [0.4, 0.5) is 0 Å². The molecule has 0 amide bonds. The third kappa shape index (κ3) is 4.96. The highest BCUT2D eigenvalue weighted by atomic mass is 16.3. The number of aliphatic hydroxyl groups is 1. The van der Waals surface area contributed by atoms with Crippen LogP contribution in [0.3, 0.4) is 0 Å². The molecule has 1 unspecified atom stereocenters. The fraction of sp³-hybridized carbons (Fsp3) is 1.00. The predicted molar refractivity (Wildman–Crippen MR) is 64.1 cm³/mol. The molecule has 2 N–H and O–H groups in total. The molecular weight excluding hydrogens is 188 g/mol. The minimum Gasteiger partial charge on any atom is -0.396 e. The van der Waals surface area contributed by atoms with Gasteiger partial charge in [0.2, 0.25) is 0 Å². The van der Waals surface area contributed by atoms with E-state index in [1.54, 1.807) is 0 Å². The fourth-order valence-electron chi connectivity index (χ4n) is 2.20. The van der Waals surface area contributed by atoms with Crippen LogP contribution in [-0.4, -0.2) is 48.3 Å². The van der Waals surface area contributed by atoms with Crippen LogP contribution in [-0.2, 0) is 0 Å².